The molecule has 1 aromatic carbocycles. The van der Waals surface area contributed by atoms with Gasteiger partial charge in [-0.3, -0.25) is 4.79 Å². The average molecular weight is 321 g/mol. The third-order valence-corrected chi connectivity index (χ3v) is 4.32. The Morgan fingerprint density at radius 2 is 1.90 bits per heavy atom. The summed E-state index contributed by atoms with van der Waals surface area (Å²) in [4.78, 5) is 15.2. The van der Waals surface area contributed by atoms with Crippen molar-refractivity contribution < 1.29 is 4.79 Å². The number of likely N-dealkylation sites (N-methyl/N-ethyl adjacent to an activating group) is 1. The molecule has 1 aliphatic heterocycles. The van der Waals surface area contributed by atoms with Crippen LogP contribution in [0.3, 0.4) is 0 Å². The summed E-state index contributed by atoms with van der Waals surface area (Å²) in [6.45, 7) is 1.88. The highest BCUT2D eigenvalue weighted by Crippen LogP contribution is 2.29. The maximum absolute atomic E-state index is 12.5. The Morgan fingerprint density at radius 1 is 1.29 bits per heavy atom. The molecule has 2 N–H and O–H groups in total. The summed E-state index contributed by atoms with van der Waals surface area (Å²) in [6.07, 6.45) is 2.04. The third-order valence-electron chi connectivity index (χ3n) is 3.35. The minimum absolute atomic E-state index is 0.0195. The second-order valence-corrected chi connectivity index (χ2v) is 6.33. The highest BCUT2D eigenvalue weighted by atomic mass is 32.2. The van der Waals surface area contributed by atoms with Gasteiger partial charge < -0.3 is 15.5 Å². The van der Waals surface area contributed by atoms with Gasteiger partial charge in [0.25, 0.3) is 5.91 Å². The van der Waals surface area contributed by atoms with Crippen molar-refractivity contribution in [2.24, 2.45) is 0 Å². The zero-order valence-corrected chi connectivity index (χ0v) is 14.2. The largest absolute Gasteiger partial charge is 0.351 e. The van der Waals surface area contributed by atoms with Crippen LogP contribution in [0.2, 0.25) is 0 Å². The number of carbonyl (C=O) groups is 1. The second kappa shape index (κ2) is 6.49. The molecule has 2 rings (SSSR count). The molecule has 1 aromatic rings. The molecule has 0 saturated heterocycles. The summed E-state index contributed by atoms with van der Waals surface area (Å²) < 4.78 is 0. The second-order valence-electron chi connectivity index (χ2n) is 5.04. The van der Waals surface area contributed by atoms with Gasteiger partial charge in [0.05, 0.1) is 11.6 Å². The van der Waals surface area contributed by atoms with Crippen molar-refractivity contribution in [3.05, 3.63) is 41.1 Å². The van der Waals surface area contributed by atoms with Gasteiger partial charge in [0.15, 0.2) is 5.11 Å². The molecule has 6 heteroatoms. The summed E-state index contributed by atoms with van der Waals surface area (Å²) in [7, 11) is 3.51. The van der Waals surface area contributed by atoms with Gasteiger partial charge >= 0.3 is 0 Å². The number of amides is 1. The molecule has 1 amide bonds. The number of thioether (sulfide) groups is 1. The van der Waals surface area contributed by atoms with E-state index in [4.69, 9.17) is 12.2 Å². The fourth-order valence-corrected chi connectivity index (χ4v) is 2.94. The first-order chi connectivity index (χ1) is 9.93. The molecule has 0 fully saturated rings. The lowest BCUT2D eigenvalue weighted by molar-refractivity contribution is -0.125. The minimum atomic E-state index is -0.218. The first-order valence-electron chi connectivity index (χ1n) is 6.58. The number of allylic oxidation sites excluding steroid dienone is 1. The zero-order chi connectivity index (χ0) is 15.6. The minimum Gasteiger partial charge on any atom is -0.351 e. The molecule has 0 bridgehead atoms. The van der Waals surface area contributed by atoms with E-state index < -0.39 is 0 Å². The topological polar surface area (TPSA) is 44.4 Å². The molecule has 1 aliphatic rings. The van der Waals surface area contributed by atoms with Crippen LogP contribution in [0.25, 0.3) is 0 Å². The smallest absolute Gasteiger partial charge is 0.253 e. The lowest BCUT2D eigenvalue weighted by Crippen LogP contribution is -2.46. The van der Waals surface area contributed by atoms with Gasteiger partial charge in [-0.05, 0) is 43.1 Å². The van der Waals surface area contributed by atoms with E-state index in [2.05, 4.69) is 22.8 Å². The average Bonchev–Trinajstić information content (AvgIpc) is 2.46. The van der Waals surface area contributed by atoms with E-state index in [1.54, 1.807) is 30.8 Å². The van der Waals surface area contributed by atoms with Crippen LogP contribution in [-0.4, -0.2) is 36.3 Å². The standard InChI is InChI=1S/C15H19N3OS2/c1-9-12(14(19)18(2)3)13(17-15(20)16-9)10-5-7-11(21-4)8-6-10/h5-8,13H,1-4H3,(H2,16,17,20). The number of nitrogens with zero attached hydrogens (tertiary/aromatic N) is 1. The quantitative estimate of drug-likeness (QED) is 0.661. The summed E-state index contributed by atoms with van der Waals surface area (Å²) >= 11 is 6.92. The summed E-state index contributed by atoms with van der Waals surface area (Å²) in [5, 5.41) is 6.77. The molecule has 0 aromatic heterocycles. The summed E-state index contributed by atoms with van der Waals surface area (Å²) in [5.41, 5.74) is 2.53. The molecule has 21 heavy (non-hydrogen) atoms. The van der Waals surface area contributed by atoms with Crippen LogP contribution in [0.15, 0.2) is 40.4 Å². The lowest BCUT2D eigenvalue weighted by atomic mass is 9.95. The Morgan fingerprint density at radius 3 is 2.43 bits per heavy atom. The van der Waals surface area contributed by atoms with Gasteiger partial charge in [0.1, 0.15) is 0 Å². The van der Waals surface area contributed by atoms with Gasteiger partial charge in [-0.25, -0.2) is 0 Å². The number of rotatable bonds is 3. The van der Waals surface area contributed by atoms with E-state index in [0.29, 0.717) is 10.7 Å². The molecular formula is C15H19N3OS2. The van der Waals surface area contributed by atoms with Crippen LogP contribution < -0.4 is 10.6 Å². The van der Waals surface area contributed by atoms with Crippen LogP contribution in [0.4, 0.5) is 0 Å². The number of hydrogen-bond donors (Lipinski definition) is 2. The van der Waals surface area contributed by atoms with E-state index in [1.165, 1.54) is 4.90 Å². The number of hydrogen-bond acceptors (Lipinski definition) is 3. The van der Waals surface area contributed by atoms with E-state index in [9.17, 15) is 4.79 Å². The maximum atomic E-state index is 12.5. The van der Waals surface area contributed by atoms with Crippen molar-refractivity contribution in [3.8, 4) is 0 Å². The van der Waals surface area contributed by atoms with Crippen LogP contribution in [0.1, 0.15) is 18.5 Å². The Balaban J connectivity index is 2.44. The van der Waals surface area contributed by atoms with Crippen LogP contribution in [-0.2, 0) is 4.79 Å². The summed E-state index contributed by atoms with van der Waals surface area (Å²) in [6, 6.07) is 7.96. The number of benzene rings is 1. The highest BCUT2D eigenvalue weighted by Gasteiger charge is 2.30. The molecule has 1 atom stereocenters. The lowest BCUT2D eigenvalue weighted by Gasteiger charge is -2.31. The van der Waals surface area contributed by atoms with Crippen molar-refractivity contribution in [2.75, 3.05) is 20.4 Å². The molecule has 0 aliphatic carbocycles. The number of carbonyl (C=O) groups excluding carboxylic acids is 1. The Hall–Kier alpha value is -1.53. The molecule has 1 heterocycles. The van der Waals surface area contributed by atoms with Gasteiger partial charge in [0.2, 0.25) is 0 Å². The number of nitrogens with one attached hydrogen (secondary N) is 2. The Labute approximate surface area is 135 Å². The fraction of sp³-hybridized carbons (Fsp3) is 0.333. The zero-order valence-electron chi connectivity index (χ0n) is 12.6. The molecular weight excluding hydrogens is 302 g/mol. The first kappa shape index (κ1) is 15.9. The van der Waals surface area contributed by atoms with Gasteiger partial charge in [-0.1, -0.05) is 12.1 Å². The van der Waals surface area contributed by atoms with Crippen molar-refractivity contribution in [3.63, 3.8) is 0 Å². The van der Waals surface area contributed by atoms with E-state index >= 15 is 0 Å². The highest BCUT2D eigenvalue weighted by molar-refractivity contribution is 7.98. The van der Waals surface area contributed by atoms with Crippen molar-refractivity contribution in [1.82, 2.24) is 15.5 Å². The normalized spacial score (nSPS) is 18.1. The van der Waals surface area contributed by atoms with E-state index in [1.807, 2.05) is 25.3 Å². The van der Waals surface area contributed by atoms with Gasteiger partial charge in [0, 0.05) is 24.7 Å². The fourth-order valence-electron chi connectivity index (χ4n) is 2.26. The monoisotopic (exact) mass is 321 g/mol. The molecule has 0 saturated carbocycles. The van der Waals surface area contributed by atoms with Crippen molar-refractivity contribution in [1.29, 1.82) is 0 Å². The van der Waals surface area contributed by atoms with Crippen LogP contribution >= 0.6 is 24.0 Å². The predicted octanol–water partition coefficient (Wildman–Crippen LogP) is 2.29. The Kier molecular flexibility index (Phi) is 4.90. The van der Waals surface area contributed by atoms with Crippen molar-refractivity contribution >= 4 is 35.0 Å². The van der Waals surface area contributed by atoms with Gasteiger partial charge in [-0.2, -0.15) is 0 Å². The SMILES string of the molecule is CSc1ccc(C2NC(=S)NC(C)=C2C(=O)N(C)C)cc1. The number of thiocarbonyl (C=S) groups is 1. The predicted molar refractivity (Wildman–Crippen MR) is 91.2 cm³/mol. The molecule has 112 valence electrons. The first-order valence-corrected chi connectivity index (χ1v) is 8.21. The van der Waals surface area contributed by atoms with Crippen molar-refractivity contribution in [2.45, 2.75) is 17.9 Å². The van der Waals surface area contributed by atoms with Crippen LogP contribution in [0.5, 0.6) is 0 Å². The maximum Gasteiger partial charge on any atom is 0.253 e. The van der Waals surface area contributed by atoms with Crippen LogP contribution in [0, 0.1) is 0 Å². The van der Waals surface area contributed by atoms with Gasteiger partial charge in [-0.15, -0.1) is 11.8 Å². The molecule has 0 radical (unpaired) electrons. The summed E-state index contributed by atoms with van der Waals surface area (Å²) in [5.74, 6) is -0.0195. The molecule has 4 nitrogen and oxygen atoms in total. The van der Waals surface area contributed by atoms with E-state index in [0.717, 1.165) is 11.3 Å². The Bertz CT molecular complexity index is 593. The third kappa shape index (κ3) is 3.39. The molecule has 0 spiro atoms. The van der Waals surface area contributed by atoms with E-state index in [-0.39, 0.29) is 11.9 Å². The molecule has 1 unspecified atom stereocenters.